The number of rotatable bonds is 8. The molecule has 1 spiro atoms. The van der Waals surface area contributed by atoms with E-state index in [2.05, 4.69) is 148 Å². The minimum atomic E-state index is -0.0796. The first-order valence-electron chi connectivity index (χ1n) is 25.8. The Kier molecular flexibility index (Phi) is 8.96. The fourth-order valence-electron chi connectivity index (χ4n) is 16.7. The molecule has 7 unspecified atom stereocenters. The van der Waals surface area contributed by atoms with Gasteiger partial charge in [-0.25, -0.2) is 4.98 Å². The van der Waals surface area contributed by atoms with E-state index in [1.165, 1.54) is 97.6 Å². The fourth-order valence-corrected chi connectivity index (χ4v) is 16.7. The molecule has 8 aliphatic rings. The number of pyridine rings is 1. The van der Waals surface area contributed by atoms with Gasteiger partial charge in [-0.1, -0.05) is 112 Å². The lowest BCUT2D eigenvalue weighted by Gasteiger charge is -2.73. The first-order chi connectivity index (χ1) is 30.8. The van der Waals surface area contributed by atoms with Gasteiger partial charge in [-0.05, 0) is 198 Å². The Labute approximate surface area is 389 Å². The smallest absolute Gasteiger partial charge is 0.127 e. The Morgan fingerprint density at radius 2 is 1.02 bits per heavy atom. The predicted molar refractivity (Wildman–Crippen MR) is 268 cm³/mol. The molecule has 13 rings (SSSR count). The molecule has 2 N–H and O–H groups in total. The van der Waals surface area contributed by atoms with E-state index in [1.807, 2.05) is 0 Å². The van der Waals surface area contributed by atoms with Gasteiger partial charge in [0.05, 0.1) is 11.4 Å². The van der Waals surface area contributed by atoms with Gasteiger partial charge in [-0.3, -0.25) is 0 Å². The lowest BCUT2D eigenvalue weighted by Crippen LogP contribution is -2.68. The first kappa shape index (κ1) is 42.0. The minimum absolute atomic E-state index is 0.0774. The van der Waals surface area contributed by atoms with Crippen molar-refractivity contribution in [1.29, 1.82) is 0 Å². The van der Waals surface area contributed by atoms with E-state index in [1.54, 1.807) is 0 Å². The largest absolute Gasteiger partial charge is 0.507 e. The maximum absolute atomic E-state index is 12.9. The average Bonchev–Trinajstić information content (AvgIpc) is 3.92. The Hall–Kier alpha value is -4.37. The van der Waals surface area contributed by atoms with Crippen LogP contribution < -0.4 is 0 Å². The van der Waals surface area contributed by atoms with E-state index in [0.29, 0.717) is 34.7 Å². The number of nitrogens with zero attached hydrogens (tertiary/aromatic N) is 1. The second kappa shape index (κ2) is 13.9. The molecular formula is C62H73NO2. The Bertz CT molecular complexity index is 2780. The number of aromatic hydroxyl groups is 2. The summed E-state index contributed by atoms with van der Waals surface area (Å²) in [6.07, 6.45) is 13.1. The predicted octanol–water partition coefficient (Wildman–Crippen LogP) is 16.2. The summed E-state index contributed by atoms with van der Waals surface area (Å²) < 4.78 is 0. The van der Waals surface area contributed by atoms with Crippen LogP contribution in [0.15, 0.2) is 78.9 Å². The summed E-state index contributed by atoms with van der Waals surface area (Å²) in [5, 5.41) is 25.7. The number of benzene rings is 4. The van der Waals surface area contributed by atoms with E-state index >= 15 is 0 Å². The van der Waals surface area contributed by atoms with Crippen LogP contribution in [0.1, 0.15) is 179 Å². The fraction of sp³-hybridized carbons (Fsp3) is 0.532. The van der Waals surface area contributed by atoms with Gasteiger partial charge in [0, 0.05) is 44.2 Å². The number of fused-ring (bicyclic) bond motifs is 1. The van der Waals surface area contributed by atoms with E-state index in [9.17, 15) is 10.2 Å². The highest BCUT2D eigenvalue weighted by molar-refractivity contribution is 5.90. The second-order valence-electron chi connectivity index (χ2n) is 25.8. The molecule has 4 aromatic carbocycles. The highest BCUT2D eigenvalue weighted by Crippen LogP contribution is 2.87. The van der Waals surface area contributed by atoms with Crippen LogP contribution in [0.25, 0.3) is 44.8 Å². The van der Waals surface area contributed by atoms with Gasteiger partial charge < -0.3 is 10.2 Å². The van der Waals surface area contributed by atoms with E-state index in [0.717, 1.165) is 74.4 Å². The van der Waals surface area contributed by atoms with Gasteiger partial charge in [0.25, 0.3) is 0 Å². The number of hydrogen-bond acceptors (Lipinski definition) is 3. The summed E-state index contributed by atoms with van der Waals surface area (Å²) in [6, 6.07) is 29.8. The molecule has 1 aromatic heterocycles. The van der Waals surface area contributed by atoms with Crippen LogP contribution in [0.5, 0.6) is 11.5 Å². The van der Waals surface area contributed by atoms with Crippen LogP contribution in [-0.2, 0) is 21.7 Å². The van der Waals surface area contributed by atoms with Crippen LogP contribution in [0.4, 0.5) is 0 Å². The zero-order valence-electron chi connectivity index (χ0n) is 41.0. The van der Waals surface area contributed by atoms with Crippen molar-refractivity contribution in [3.05, 3.63) is 112 Å². The summed E-state index contributed by atoms with van der Waals surface area (Å²) in [4.78, 5) is 5.67. The van der Waals surface area contributed by atoms with Gasteiger partial charge in [-0.15, -0.1) is 0 Å². The number of phenols is 2. The van der Waals surface area contributed by atoms with Crippen molar-refractivity contribution in [3.63, 3.8) is 0 Å². The SMILES string of the molecule is CC(C)c1ccc(-c2cc(C(C)(C)C)cc(C34CC5CC(CC3C5)C4)c2O)c(-c2cccc(-c3cc(C(C)C)ccc3-c3cc(C(C)(C)C)cc(C45CC6CC7CC(C4)C75C6)c3O)n2)c1. The Morgan fingerprint density at radius 3 is 1.52 bits per heavy atom. The Morgan fingerprint density at radius 1 is 0.492 bits per heavy atom. The molecule has 7 atom stereocenters. The first-order valence-corrected chi connectivity index (χ1v) is 25.8. The van der Waals surface area contributed by atoms with Gasteiger partial charge in [0.2, 0.25) is 0 Å². The third-order valence-electron chi connectivity index (χ3n) is 19.7. The van der Waals surface area contributed by atoms with Crippen molar-refractivity contribution in [2.24, 2.45) is 40.9 Å². The average molecular weight is 864 g/mol. The van der Waals surface area contributed by atoms with Crippen LogP contribution in [-0.4, -0.2) is 15.2 Å². The zero-order chi connectivity index (χ0) is 45.3. The lowest BCUT2D eigenvalue weighted by molar-refractivity contribution is -0.199. The Balaban J connectivity index is 1.03. The van der Waals surface area contributed by atoms with Crippen molar-refractivity contribution < 1.29 is 10.2 Å². The maximum Gasteiger partial charge on any atom is 0.127 e. The topological polar surface area (TPSA) is 53.4 Å². The monoisotopic (exact) mass is 864 g/mol. The van der Waals surface area contributed by atoms with Crippen LogP contribution in [0.2, 0.25) is 0 Å². The summed E-state index contributed by atoms with van der Waals surface area (Å²) in [5.74, 6) is 6.38. The molecule has 8 fully saturated rings. The highest BCUT2D eigenvalue weighted by atomic mass is 16.3. The summed E-state index contributed by atoms with van der Waals surface area (Å²) in [7, 11) is 0. The summed E-state index contributed by atoms with van der Waals surface area (Å²) in [6.45, 7) is 23.0. The van der Waals surface area contributed by atoms with Gasteiger partial charge >= 0.3 is 0 Å². The summed E-state index contributed by atoms with van der Waals surface area (Å²) >= 11 is 0. The zero-order valence-corrected chi connectivity index (χ0v) is 41.0. The molecular weight excluding hydrogens is 791 g/mol. The van der Waals surface area contributed by atoms with Crippen LogP contribution >= 0.6 is 0 Å². The molecule has 65 heavy (non-hydrogen) atoms. The van der Waals surface area contributed by atoms with E-state index in [4.69, 9.17) is 4.98 Å². The van der Waals surface area contributed by atoms with Crippen molar-refractivity contribution in [2.75, 3.05) is 0 Å². The third-order valence-corrected chi connectivity index (χ3v) is 19.7. The van der Waals surface area contributed by atoms with E-state index < -0.39 is 0 Å². The molecule has 5 aromatic rings. The minimum Gasteiger partial charge on any atom is -0.507 e. The van der Waals surface area contributed by atoms with Crippen molar-refractivity contribution >= 4 is 0 Å². The number of hydrogen-bond donors (Lipinski definition) is 2. The van der Waals surface area contributed by atoms with Crippen LogP contribution in [0.3, 0.4) is 0 Å². The van der Waals surface area contributed by atoms with Crippen molar-refractivity contribution in [2.45, 2.75) is 167 Å². The van der Waals surface area contributed by atoms with E-state index in [-0.39, 0.29) is 21.7 Å². The second-order valence-corrected chi connectivity index (χ2v) is 25.8. The van der Waals surface area contributed by atoms with Crippen LogP contribution in [0, 0.1) is 40.9 Å². The normalized spacial score (nSPS) is 31.5. The lowest BCUT2D eigenvalue weighted by atomic mass is 9.30. The molecule has 6 bridgehead atoms. The number of aromatic nitrogens is 1. The molecule has 3 nitrogen and oxygen atoms in total. The standard InChI is InChI=1S/C62H73NO2/c1-34(2)39-14-16-46(50-25-41(58(5,6)7)27-52(56(50)64)60-29-36-18-37(30-60)20-43(60)19-36)48(22-39)54-12-11-13-55(63-54)49-23-40(35(3)4)15-17-47(49)51-26-42(59(8,9)10)28-53(57(51)65)61-31-38-21-44-24-45(33-61)62(44,61)32-38/h11-17,22-23,25-28,34-38,43-45,64-65H,18-21,24,29-33H2,1-10H3. The van der Waals surface area contributed by atoms with Gasteiger partial charge in [0.15, 0.2) is 0 Å². The maximum atomic E-state index is 12.9. The van der Waals surface area contributed by atoms with Crippen molar-refractivity contribution in [3.8, 4) is 56.3 Å². The van der Waals surface area contributed by atoms with Gasteiger partial charge in [0.1, 0.15) is 11.5 Å². The molecule has 0 aliphatic heterocycles. The highest BCUT2D eigenvalue weighted by Gasteiger charge is 2.81. The molecule has 0 saturated heterocycles. The quantitative estimate of drug-likeness (QED) is 0.163. The molecule has 1 heterocycles. The summed E-state index contributed by atoms with van der Waals surface area (Å²) in [5.41, 5.74) is 15.9. The molecule has 8 saturated carbocycles. The van der Waals surface area contributed by atoms with Crippen molar-refractivity contribution in [1.82, 2.24) is 4.98 Å². The molecule has 0 radical (unpaired) electrons. The molecule has 3 heteroatoms. The number of phenolic OH excluding ortho intramolecular Hbond substituents is 2. The van der Waals surface area contributed by atoms with Gasteiger partial charge in [-0.2, -0.15) is 0 Å². The molecule has 338 valence electrons. The third kappa shape index (κ3) is 5.87. The molecule has 0 amide bonds. The molecule has 8 aliphatic carbocycles.